The number of hydrogen-bond acceptors (Lipinski definition) is 3. The van der Waals surface area contributed by atoms with Gasteiger partial charge in [-0.2, -0.15) is 0 Å². The SMILES string of the molecule is CCCCCCCCCCCCCCCCCCCCCCCCCCCCOC(=O)C=Cc1ccc(O)cc1. The third-order valence-electron chi connectivity index (χ3n) is 8.05. The van der Waals surface area contributed by atoms with Crippen LogP contribution in [-0.4, -0.2) is 17.7 Å². The van der Waals surface area contributed by atoms with E-state index in [0.717, 1.165) is 18.4 Å². The molecule has 0 aromatic heterocycles. The van der Waals surface area contributed by atoms with Crippen LogP contribution in [0, 0.1) is 0 Å². The Kier molecular flexibility index (Phi) is 26.1. The van der Waals surface area contributed by atoms with Crippen LogP contribution >= 0.6 is 0 Å². The fourth-order valence-electron chi connectivity index (χ4n) is 5.39. The molecule has 0 bridgehead atoms. The second-order valence-corrected chi connectivity index (χ2v) is 11.9. The van der Waals surface area contributed by atoms with E-state index in [1.807, 2.05) is 0 Å². The topological polar surface area (TPSA) is 46.5 Å². The first-order chi connectivity index (χ1) is 19.7. The van der Waals surface area contributed by atoms with Gasteiger partial charge in [0.2, 0.25) is 0 Å². The molecule has 3 heteroatoms. The summed E-state index contributed by atoms with van der Waals surface area (Å²) < 4.78 is 5.27. The zero-order valence-corrected chi connectivity index (χ0v) is 26.3. The predicted octanol–water partition coefficient (Wildman–Crippen LogP) is 12.1. The second-order valence-electron chi connectivity index (χ2n) is 11.9. The molecule has 40 heavy (non-hydrogen) atoms. The molecule has 0 saturated carbocycles. The van der Waals surface area contributed by atoms with Crippen LogP contribution < -0.4 is 0 Å². The number of phenolic OH excluding ortho intramolecular Hbond substituents is 1. The molecule has 0 atom stereocenters. The van der Waals surface area contributed by atoms with Crippen molar-refractivity contribution in [3.8, 4) is 5.75 Å². The van der Waals surface area contributed by atoms with Gasteiger partial charge < -0.3 is 9.84 Å². The molecule has 0 heterocycles. The summed E-state index contributed by atoms with van der Waals surface area (Å²) in [6.45, 7) is 2.79. The molecule has 0 aliphatic rings. The molecule has 1 N–H and O–H groups in total. The van der Waals surface area contributed by atoms with Crippen molar-refractivity contribution in [2.75, 3.05) is 6.61 Å². The molecule has 1 aromatic rings. The van der Waals surface area contributed by atoms with Gasteiger partial charge in [-0.3, -0.25) is 0 Å². The minimum atomic E-state index is -0.298. The summed E-state index contributed by atoms with van der Waals surface area (Å²) in [6, 6.07) is 6.74. The lowest BCUT2D eigenvalue weighted by molar-refractivity contribution is -0.137. The largest absolute Gasteiger partial charge is 0.508 e. The van der Waals surface area contributed by atoms with Gasteiger partial charge in [-0.15, -0.1) is 0 Å². The van der Waals surface area contributed by atoms with Gasteiger partial charge in [0.25, 0.3) is 0 Å². The number of carbonyl (C=O) groups excluding carboxylic acids is 1. The van der Waals surface area contributed by atoms with E-state index in [4.69, 9.17) is 4.74 Å². The molecule has 0 saturated heterocycles. The Morgan fingerprint density at radius 2 is 0.875 bits per heavy atom. The summed E-state index contributed by atoms with van der Waals surface area (Å²) in [5.41, 5.74) is 0.870. The van der Waals surface area contributed by atoms with Crippen molar-refractivity contribution in [2.24, 2.45) is 0 Å². The van der Waals surface area contributed by atoms with Gasteiger partial charge in [0.15, 0.2) is 0 Å². The zero-order chi connectivity index (χ0) is 28.8. The molecular weight excluding hydrogens is 492 g/mol. The number of aromatic hydroxyl groups is 1. The van der Waals surface area contributed by atoms with Crippen LogP contribution in [0.25, 0.3) is 6.08 Å². The fourth-order valence-corrected chi connectivity index (χ4v) is 5.39. The van der Waals surface area contributed by atoms with Crippen molar-refractivity contribution in [1.82, 2.24) is 0 Å². The van der Waals surface area contributed by atoms with Gasteiger partial charge in [-0.1, -0.05) is 180 Å². The Morgan fingerprint density at radius 3 is 1.23 bits per heavy atom. The maximum absolute atomic E-state index is 11.8. The molecule has 1 aromatic carbocycles. The molecule has 0 fully saturated rings. The van der Waals surface area contributed by atoms with Crippen LogP contribution in [-0.2, 0) is 9.53 Å². The number of ether oxygens (including phenoxy) is 1. The van der Waals surface area contributed by atoms with Crippen LogP contribution in [0.5, 0.6) is 5.75 Å². The third-order valence-corrected chi connectivity index (χ3v) is 8.05. The van der Waals surface area contributed by atoms with E-state index < -0.39 is 0 Å². The number of hydrogen-bond donors (Lipinski definition) is 1. The van der Waals surface area contributed by atoms with Crippen molar-refractivity contribution >= 4 is 12.0 Å². The normalized spacial score (nSPS) is 11.4. The highest BCUT2D eigenvalue weighted by atomic mass is 16.5. The fraction of sp³-hybridized carbons (Fsp3) is 0.757. The molecule has 0 aliphatic heterocycles. The lowest BCUT2D eigenvalue weighted by atomic mass is 10.0. The van der Waals surface area contributed by atoms with Crippen LogP contribution in [0.1, 0.15) is 179 Å². The minimum Gasteiger partial charge on any atom is -0.508 e. The highest BCUT2D eigenvalue weighted by molar-refractivity contribution is 5.87. The molecule has 0 amide bonds. The standard InChI is InChI=1S/C37H64O3/c1-2-3-4-5-6-7-8-9-10-11-12-13-14-15-16-17-18-19-20-21-22-23-24-25-26-27-34-40-37(39)33-30-35-28-31-36(38)32-29-35/h28-33,38H,2-27,34H2,1H3. The highest BCUT2D eigenvalue weighted by Crippen LogP contribution is 2.16. The van der Waals surface area contributed by atoms with Crippen LogP contribution in [0.3, 0.4) is 0 Å². The van der Waals surface area contributed by atoms with Crippen LogP contribution in [0.2, 0.25) is 0 Å². The van der Waals surface area contributed by atoms with Crippen LogP contribution in [0.4, 0.5) is 0 Å². The van der Waals surface area contributed by atoms with E-state index in [1.165, 1.54) is 160 Å². The van der Waals surface area contributed by atoms with Crippen molar-refractivity contribution in [2.45, 2.75) is 174 Å². The lowest BCUT2D eigenvalue weighted by Crippen LogP contribution is -2.02. The Balaban J connectivity index is 1.70. The van der Waals surface area contributed by atoms with E-state index >= 15 is 0 Å². The van der Waals surface area contributed by atoms with Gasteiger partial charge in [-0.05, 0) is 30.2 Å². The lowest BCUT2D eigenvalue weighted by Gasteiger charge is -2.05. The maximum Gasteiger partial charge on any atom is 0.330 e. The average molecular weight is 557 g/mol. The molecule has 230 valence electrons. The van der Waals surface area contributed by atoms with E-state index in [2.05, 4.69) is 6.92 Å². The Morgan fingerprint density at radius 1 is 0.550 bits per heavy atom. The summed E-state index contributed by atoms with van der Waals surface area (Å²) in [7, 11) is 0. The summed E-state index contributed by atoms with van der Waals surface area (Å²) >= 11 is 0. The Labute approximate surface area is 248 Å². The van der Waals surface area contributed by atoms with Crippen molar-refractivity contribution in [3.05, 3.63) is 35.9 Å². The summed E-state index contributed by atoms with van der Waals surface area (Å²) in [4.78, 5) is 11.8. The van der Waals surface area contributed by atoms with E-state index in [-0.39, 0.29) is 11.7 Å². The first-order valence-electron chi connectivity index (χ1n) is 17.4. The first kappa shape index (κ1) is 36.3. The van der Waals surface area contributed by atoms with E-state index in [9.17, 15) is 9.90 Å². The summed E-state index contributed by atoms with van der Waals surface area (Å²) in [5, 5.41) is 9.28. The molecule has 3 nitrogen and oxygen atoms in total. The van der Waals surface area contributed by atoms with Gasteiger partial charge in [0.05, 0.1) is 6.61 Å². The van der Waals surface area contributed by atoms with Crippen molar-refractivity contribution in [3.63, 3.8) is 0 Å². The zero-order valence-electron chi connectivity index (χ0n) is 26.3. The number of benzene rings is 1. The molecule has 0 radical (unpaired) electrons. The smallest absolute Gasteiger partial charge is 0.330 e. The van der Waals surface area contributed by atoms with Crippen molar-refractivity contribution < 1.29 is 14.6 Å². The van der Waals surface area contributed by atoms with E-state index in [0.29, 0.717) is 6.61 Å². The maximum atomic E-state index is 11.8. The quantitative estimate of drug-likeness (QED) is 0.0606. The predicted molar refractivity (Wildman–Crippen MR) is 174 cm³/mol. The van der Waals surface area contributed by atoms with Crippen LogP contribution in [0.15, 0.2) is 30.3 Å². The Bertz CT molecular complexity index is 694. The van der Waals surface area contributed by atoms with E-state index in [1.54, 1.807) is 30.3 Å². The van der Waals surface area contributed by atoms with Gasteiger partial charge >= 0.3 is 5.97 Å². The molecule has 0 spiro atoms. The molecule has 1 rings (SSSR count). The van der Waals surface area contributed by atoms with Gasteiger partial charge in [0.1, 0.15) is 5.75 Å². The van der Waals surface area contributed by atoms with Gasteiger partial charge in [-0.25, -0.2) is 4.79 Å². The molecular formula is C37H64O3. The highest BCUT2D eigenvalue weighted by Gasteiger charge is 1.99. The second kappa shape index (κ2) is 28.7. The number of phenols is 1. The Hall–Kier alpha value is -1.77. The average Bonchev–Trinajstić information content (AvgIpc) is 2.96. The first-order valence-corrected chi connectivity index (χ1v) is 17.4. The number of unbranched alkanes of at least 4 members (excludes halogenated alkanes) is 25. The summed E-state index contributed by atoms with van der Waals surface area (Å²) in [5.74, 6) is -0.0758. The van der Waals surface area contributed by atoms with Crippen molar-refractivity contribution in [1.29, 1.82) is 0 Å². The number of esters is 1. The summed E-state index contributed by atoms with van der Waals surface area (Å²) in [6.07, 6.45) is 39.4. The number of rotatable bonds is 29. The van der Waals surface area contributed by atoms with Gasteiger partial charge in [0, 0.05) is 6.08 Å². The number of carbonyl (C=O) groups is 1. The molecule has 0 unspecified atom stereocenters. The third kappa shape index (κ3) is 25.2. The monoisotopic (exact) mass is 556 g/mol. The molecule has 0 aliphatic carbocycles. The minimum absolute atomic E-state index is 0.223.